The first kappa shape index (κ1) is 12.6. The highest BCUT2D eigenvalue weighted by molar-refractivity contribution is 5.13. The number of hydrogen-bond donors (Lipinski definition) is 2. The van der Waals surface area contributed by atoms with E-state index >= 15 is 0 Å². The fourth-order valence-electron chi connectivity index (χ4n) is 2.06. The summed E-state index contributed by atoms with van der Waals surface area (Å²) >= 11 is 0. The lowest BCUT2D eigenvalue weighted by Gasteiger charge is -2.38. The Hall–Kier alpha value is -0.900. The van der Waals surface area contributed by atoms with Gasteiger partial charge in [-0.1, -0.05) is 30.3 Å². The Bertz CT molecular complexity index is 328. The van der Waals surface area contributed by atoms with Crippen LogP contribution in [0.3, 0.4) is 0 Å². The van der Waals surface area contributed by atoms with Crippen molar-refractivity contribution >= 4 is 0 Å². The van der Waals surface area contributed by atoms with Crippen molar-refractivity contribution in [1.29, 1.82) is 0 Å². The maximum absolute atomic E-state index is 8.99. The number of benzene rings is 1. The van der Waals surface area contributed by atoms with E-state index in [0.29, 0.717) is 18.8 Å². The lowest BCUT2D eigenvalue weighted by atomic mass is 9.88. The van der Waals surface area contributed by atoms with Crippen LogP contribution in [0.15, 0.2) is 30.3 Å². The molecule has 1 aromatic carbocycles. The number of nitrogens with one attached hydrogen (secondary N) is 1. The summed E-state index contributed by atoms with van der Waals surface area (Å²) in [5, 5.41) is 12.4. The molecule has 1 aliphatic rings. The van der Waals surface area contributed by atoms with Gasteiger partial charge in [0.25, 0.3) is 0 Å². The van der Waals surface area contributed by atoms with E-state index in [2.05, 4.69) is 17.4 Å². The van der Waals surface area contributed by atoms with E-state index in [1.165, 1.54) is 5.56 Å². The van der Waals surface area contributed by atoms with Gasteiger partial charge in [0.1, 0.15) is 0 Å². The molecule has 1 saturated carbocycles. The minimum absolute atomic E-state index is 0.156. The van der Waals surface area contributed by atoms with Gasteiger partial charge in [-0.25, -0.2) is 0 Å². The first-order valence-electron chi connectivity index (χ1n) is 6.32. The van der Waals surface area contributed by atoms with Crippen LogP contribution in [0, 0.1) is 0 Å². The van der Waals surface area contributed by atoms with E-state index in [9.17, 15) is 0 Å². The average Bonchev–Trinajstić information content (AvgIpc) is 2.35. The molecule has 3 atom stereocenters. The zero-order valence-corrected chi connectivity index (χ0v) is 10.3. The summed E-state index contributed by atoms with van der Waals surface area (Å²) in [5.41, 5.74) is 1.22. The summed E-state index contributed by atoms with van der Waals surface area (Å²) in [4.78, 5) is 0. The largest absolute Gasteiger partial charge is 0.395 e. The van der Waals surface area contributed by atoms with Crippen molar-refractivity contribution in [3.05, 3.63) is 35.9 Å². The summed E-state index contributed by atoms with van der Waals surface area (Å²) in [6.07, 6.45) is 2.55. The summed E-state index contributed by atoms with van der Waals surface area (Å²) in [7, 11) is 0. The molecule has 0 amide bonds. The fraction of sp³-hybridized carbons (Fsp3) is 0.571. The van der Waals surface area contributed by atoms with Gasteiger partial charge in [-0.15, -0.1) is 0 Å². The van der Waals surface area contributed by atoms with Crippen LogP contribution in [0.1, 0.15) is 25.3 Å². The number of hydrogen-bond acceptors (Lipinski definition) is 3. The van der Waals surface area contributed by atoms with Gasteiger partial charge in [-0.05, 0) is 25.3 Å². The van der Waals surface area contributed by atoms with Crippen LogP contribution in [0.5, 0.6) is 0 Å². The molecule has 0 spiro atoms. The standard InChI is InChI=1S/C14H21NO2/c1-11(9-16)15-13-7-8-14(13)17-10-12-5-3-2-4-6-12/h2-6,11,13-16H,7-10H2,1H3/t11-,13?,14?/m1/s1. The van der Waals surface area contributed by atoms with E-state index in [1.807, 2.05) is 25.1 Å². The minimum Gasteiger partial charge on any atom is -0.395 e. The molecule has 17 heavy (non-hydrogen) atoms. The lowest BCUT2D eigenvalue weighted by molar-refractivity contribution is -0.0401. The molecule has 3 nitrogen and oxygen atoms in total. The maximum Gasteiger partial charge on any atom is 0.0733 e. The zero-order valence-electron chi connectivity index (χ0n) is 10.3. The molecule has 0 aromatic heterocycles. The second kappa shape index (κ2) is 6.15. The number of aliphatic hydroxyl groups is 1. The van der Waals surface area contributed by atoms with Crippen molar-refractivity contribution in [2.24, 2.45) is 0 Å². The molecule has 0 radical (unpaired) electrons. The molecule has 1 aromatic rings. The molecule has 0 heterocycles. The van der Waals surface area contributed by atoms with Crippen molar-refractivity contribution in [1.82, 2.24) is 5.32 Å². The summed E-state index contributed by atoms with van der Waals surface area (Å²) in [5.74, 6) is 0. The second-order valence-electron chi connectivity index (χ2n) is 4.77. The van der Waals surface area contributed by atoms with E-state index in [-0.39, 0.29) is 12.6 Å². The Balaban J connectivity index is 1.73. The van der Waals surface area contributed by atoms with Crippen molar-refractivity contribution < 1.29 is 9.84 Å². The van der Waals surface area contributed by atoms with Crippen molar-refractivity contribution in [2.45, 2.75) is 44.6 Å². The average molecular weight is 235 g/mol. The number of rotatable bonds is 6. The summed E-state index contributed by atoms with van der Waals surface area (Å²) < 4.78 is 5.88. The summed E-state index contributed by atoms with van der Waals surface area (Å²) in [6.45, 7) is 2.85. The lowest BCUT2D eigenvalue weighted by Crippen LogP contribution is -2.52. The quantitative estimate of drug-likeness (QED) is 0.788. The maximum atomic E-state index is 8.99. The SMILES string of the molecule is C[C@H](CO)NC1CCC1OCc1ccccc1. The van der Waals surface area contributed by atoms with Gasteiger partial charge in [-0.2, -0.15) is 0 Å². The predicted molar refractivity (Wildman–Crippen MR) is 67.7 cm³/mol. The van der Waals surface area contributed by atoms with Crippen LogP contribution < -0.4 is 5.32 Å². The van der Waals surface area contributed by atoms with Crippen molar-refractivity contribution in [3.63, 3.8) is 0 Å². The van der Waals surface area contributed by atoms with Crippen LogP contribution in [-0.2, 0) is 11.3 Å². The van der Waals surface area contributed by atoms with Crippen molar-refractivity contribution in [2.75, 3.05) is 6.61 Å². The van der Waals surface area contributed by atoms with Crippen LogP contribution in [0.2, 0.25) is 0 Å². The highest BCUT2D eigenvalue weighted by Gasteiger charge is 2.32. The molecule has 2 N–H and O–H groups in total. The number of ether oxygens (including phenoxy) is 1. The normalized spacial score (nSPS) is 25.3. The predicted octanol–water partition coefficient (Wildman–Crippen LogP) is 1.70. The Kier molecular flexibility index (Phi) is 4.54. The molecule has 94 valence electrons. The highest BCUT2D eigenvalue weighted by atomic mass is 16.5. The first-order chi connectivity index (χ1) is 8.29. The molecule has 1 aliphatic carbocycles. The third kappa shape index (κ3) is 3.53. The molecule has 1 fully saturated rings. The molecular formula is C14H21NO2. The molecule has 0 saturated heterocycles. The minimum atomic E-state index is 0.156. The molecular weight excluding hydrogens is 214 g/mol. The van der Waals surface area contributed by atoms with E-state index in [0.717, 1.165) is 12.8 Å². The third-order valence-electron chi connectivity index (χ3n) is 3.29. The van der Waals surface area contributed by atoms with E-state index in [4.69, 9.17) is 9.84 Å². The van der Waals surface area contributed by atoms with Crippen LogP contribution in [0.4, 0.5) is 0 Å². The van der Waals surface area contributed by atoms with Gasteiger partial charge in [0.15, 0.2) is 0 Å². The topological polar surface area (TPSA) is 41.5 Å². The molecule has 2 rings (SSSR count). The van der Waals surface area contributed by atoms with Gasteiger partial charge in [0.2, 0.25) is 0 Å². The van der Waals surface area contributed by atoms with Gasteiger partial charge in [-0.3, -0.25) is 0 Å². The fourth-order valence-corrected chi connectivity index (χ4v) is 2.06. The molecule has 2 unspecified atom stereocenters. The number of aliphatic hydroxyl groups excluding tert-OH is 1. The Morgan fingerprint density at radius 2 is 2.12 bits per heavy atom. The smallest absolute Gasteiger partial charge is 0.0733 e. The van der Waals surface area contributed by atoms with Crippen LogP contribution >= 0.6 is 0 Å². The van der Waals surface area contributed by atoms with Gasteiger partial charge in [0.05, 0.1) is 19.3 Å². The van der Waals surface area contributed by atoms with Crippen LogP contribution in [0.25, 0.3) is 0 Å². The van der Waals surface area contributed by atoms with E-state index < -0.39 is 0 Å². The molecule has 0 bridgehead atoms. The first-order valence-corrected chi connectivity index (χ1v) is 6.32. The van der Waals surface area contributed by atoms with E-state index in [1.54, 1.807) is 0 Å². The zero-order chi connectivity index (χ0) is 12.1. The van der Waals surface area contributed by atoms with Gasteiger partial charge < -0.3 is 15.2 Å². The Morgan fingerprint density at radius 1 is 1.35 bits per heavy atom. The van der Waals surface area contributed by atoms with Crippen molar-refractivity contribution in [3.8, 4) is 0 Å². The van der Waals surface area contributed by atoms with Gasteiger partial charge >= 0.3 is 0 Å². The third-order valence-corrected chi connectivity index (χ3v) is 3.29. The second-order valence-corrected chi connectivity index (χ2v) is 4.77. The Morgan fingerprint density at radius 3 is 2.71 bits per heavy atom. The van der Waals surface area contributed by atoms with Crippen LogP contribution in [-0.4, -0.2) is 29.9 Å². The molecule has 0 aliphatic heterocycles. The Labute approximate surface area is 103 Å². The van der Waals surface area contributed by atoms with Gasteiger partial charge in [0, 0.05) is 12.1 Å². The highest BCUT2D eigenvalue weighted by Crippen LogP contribution is 2.24. The molecule has 3 heteroatoms. The monoisotopic (exact) mass is 235 g/mol. The summed E-state index contributed by atoms with van der Waals surface area (Å²) in [6, 6.07) is 10.8.